The van der Waals surface area contributed by atoms with Crippen molar-refractivity contribution in [2.75, 3.05) is 26.2 Å². The Kier molecular flexibility index (Phi) is 9.57. The molecule has 6 nitrogen and oxygen atoms in total. The van der Waals surface area contributed by atoms with Crippen LogP contribution in [-0.2, 0) is 22.6 Å². The Bertz CT molecular complexity index is 844. The van der Waals surface area contributed by atoms with Crippen LogP contribution in [0.3, 0.4) is 0 Å². The molecule has 0 saturated heterocycles. The van der Waals surface area contributed by atoms with Crippen LogP contribution in [0.25, 0.3) is 0 Å². The van der Waals surface area contributed by atoms with Crippen molar-refractivity contribution in [3.05, 3.63) is 71.3 Å². The first-order valence-electron chi connectivity index (χ1n) is 11.7. The average Bonchev–Trinajstić information content (AvgIpc) is 3.26. The summed E-state index contributed by atoms with van der Waals surface area (Å²) in [6, 6.07) is 18.5. The van der Waals surface area contributed by atoms with Crippen molar-refractivity contribution < 1.29 is 9.53 Å². The normalized spacial score (nSPS) is 14.2. The number of fused-ring (bicyclic) bond motifs is 1. The van der Waals surface area contributed by atoms with Crippen LogP contribution in [0, 0.1) is 0 Å². The number of ether oxygens (including phenoxy) is 1. The number of rotatable bonds is 11. The van der Waals surface area contributed by atoms with Crippen molar-refractivity contribution >= 4 is 11.9 Å². The van der Waals surface area contributed by atoms with Crippen LogP contribution in [0.1, 0.15) is 55.9 Å². The molecule has 2 aromatic carbocycles. The fraction of sp³-hybridized carbons (Fsp3) is 0.462. The van der Waals surface area contributed by atoms with Gasteiger partial charge < -0.3 is 20.3 Å². The van der Waals surface area contributed by atoms with Crippen LogP contribution in [0.15, 0.2) is 59.6 Å². The number of nitrogens with one attached hydrogen (secondary N) is 2. The SMILES string of the molecule is CCNC(=NCCCC(=O)N1Cc2ccccc2C1)NCCCOC(C)c1ccccc1. The molecule has 0 spiro atoms. The van der Waals surface area contributed by atoms with Gasteiger partial charge in [0, 0.05) is 45.8 Å². The topological polar surface area (TPSA) is 66.0 Å². The lowest BCUT2D eigenvalue weighted by Crippen LogP contribution is -2.38. The third-order valence-corrected chi connectivity index (χ3v) is 5.61. The minimum Gasteiger partial charge on any atom is -0.374 e. The second kappa shape index (κ2) is 12.9. The van der Waals surface area contributed by atoms with Gasteiger partial charge in [0.2, 0.25) is 5.91 Å². The molecule has 0 fully saturated rings. The van der Waals surface area contributed by atoms with E-state index in [0.717, 1.165) is 45.0 Å². The molecule has 0 aliphatic carbocycles. The molecule has 1 amide bonds. The van der Waals surface area contributed by atoms with Crippen molar-refractivity contribution in [2.24, 2.45) is 4.99 Å². The first kappa shape index (κ1) is 23.8. The Morgan fingerprint density at radius 2 is 1.72 bits per heavy atom. The molecule has 2 N–H and O–H groups in total. The van der Waals surface area contributed by atoms with Crippen molar-refractivity contribution in [1.82, 2.24) is 15.5 Å². The highest BCUT2D eigenvalue weighted by Crippen LogP contribution is 2.23. The monoisotopic (exact) mass is 436 g/mol. The standard InChI is InChI=1S/C26H36N4O2/c1-3-27-26(29-17-10-18-32-21(2)22-11-5-4-6-12-22)28-16-9-15-25(31)30-19-23-13-7-8-14-24(23)20-30/h4-8,11-14,21H,3,9-10,15-20H2,1-2H3,(H2,27,28,29). The molecule has 3 rings (SSSR count). The van der Waals surface area contributed by atoms with Crippen LogP contribution in [0.5, 0.6) is 0 Å². The van der Waals surface area contributed by atoms with Crippen molar-refractivity contribution in [1.29, 1.82) is 0 Å². The van der Waals surface area contributed by atoms with Gasteiger partial charge in [0.05, 0.1) is 6.10 Å². The van der Waals surface area contributed by atoms with Gasteiger partial charge in [-0.25, -0.2) is 0 Å². The summed E-state index contributed by atoms with van der Waals surface area (Å²) in [4.78, 5) is 19.1. The first-order valence-corrected chi connectivity index (χ1v) is 11.7. The molecule has 1 atom stereocenters. The molecule has 2 aromatic rings. The van der Waals surface area contributed by atoms with Gasteiger partial charge in [-0.1, -0.05) is 54.6 Å². The highest BCUT2D eigenvalue weighted by molar-refractivity contribution is 5.80. The number of nitrogens with zero attached hydrogens (tertiary/aromatic N) is 2. The zero-order chi connectivity index (χ0) is 22.6. The van der Waals surface area contributed by atoms with Gasteiger partial charge in [-0.15, -0.1) is 0 Å². The van der Waals surface area contributed by atoms with Crippen molar-refractivity contribution in [3.63, 3.8) is 0 Å². The smallest absolute Gasteiger partial charge is 0.223 e. The number of amides is 1. The summed E-state index contributed by atoms with van der Waals surface area (Å²) in [5.74, 6) is 1.00. The molecule has 1 unspecified atom stereocenters. The lowest BCUT2D eigenvalue weighted by molar-refractivity contribution is -0.131. The van der Waals surface area contributed by atoms with Crippen LogP contribution in [0.4, 0.5) is 0 Å². The number of guanidine groups is 1. The largest absolute Gasteiger partial charge is 0.374 e. The molecular formula is C26H36N4O2. The number of hydrogen-bond acceptors (Lipinski definition) is 3. The van der Waals surface area contributed by atoms with E-state index in [1.54, 1.807) is 0 Å². The third kappa shape index (κ3) is 7.38. The van der Waals surface area contributed by atoms with E-state index in [1.807, 2.05) is 35.2 Å². The molecular weight excluding hydrogens is 400 g/mol. The van der Waals surface area contributed by atoms with Gasteiger partial charge in [-0.2, -0.15) is 0 Å². The summed E-state index contributed by atoms with van der Waals surface area (Å²) < 4.78 is 5.92. The van der Waals surface area contributed by atoms with Crippen LogP contribution in [0.2, 0.25) is 0 Å². The Labute approximate surface area is 192 Å². The van der Waals surface area contributed by atoms with E-state index in [2.05, 4.69) is 53.7 Å². The quantitative estimate of drug-likeness (QED) is 0.317. The molecule has 1 aliphatic rings. The van der Waals surface area contributed by atoms with Crippen molar-refractivity contribution in [3.8, 4) is 0 Å². The number of carbonyl (C=O) groups excluding carboxylic acids is 1. The van der Waals surface area contributed by atoms with Crippen LogP contribution < -0.4 is 10.6 Å². The van der Waals surface area contributed by atoms with E-state index in [9.17, 15) is 4.79 Å². The summed E-state index contributed by atoms with van der Waals surface area (Å²) >= 11 is 0. The highest BCUT2D eigenvalue weighted by Gasteiger charge is 2.22. The minimum absolute atomic E-state index is 0.0963. The van der Waals surface area contributed by atoms with Crippen molar-refractivity contribution in [2.45, 2.75) is 52.3 Å². The Balaban J connectivity index is 1.31. The minimum atomic E-state index is 0.0963. The van der Waals surface area contributed by atoms with Crippen LogP contribution >= 0.6 is 0 Å². The van der Waals surface area contributed by atoms with Gasteiger partial charge in [-0.05, 0) is 43.4 Å². The molecule has 0 saturated carbocycles. The predicted octanol–water partition coefficient (Wildman–Crippen LogP) is 4.03. The average molecular weight is 437 g/mol. The Hall–Kier alpha value is -2.86. The molecule has 1 heterocycles. The first-order chi connectivity index (χ1) is 15.7. The van der Waals surface area contributed by atoms with E-state index in [1.165, 1.54) is 16.7 Å². The summed E-state index contributed by atoms with van der Waals surface area (Å²) in [6.07, 6.45) is 2.27. The Morgan fingerprint density at radius 1 is 1.03 bits per heavy atom. The lowest BCUT2D eigenvalue weighted by Gasteiger charge is -2.15. The predicted molar refractivity (Wildman–Crippen MR) is 129 cm³/mol. The molecule has 172 valence electrons. The second-order valence-corrected chi connectivity index (χ2v) is 8.09. The molecule has 1 aliphatic heterocycles. The summed E-state index contributed by atoms with van der Waals surface area (Å²) in [5, 5.41) is 6.62. The van der Waals surface area contributed by atoms with E-state index < -0.39 is 0 Å². The molecule has 6 heteroatoms. The number of benzene rings is 2. The zero-order valence-electron chi connectivity index (χ0n) is 19.3. The van der Waals surface area contributed by atoms with E-state index >= 15 is 0 Å². The fourth-order valence-electron chi connectivity index (χ4n) is 3.79. The van der Waals surface area contributed by atoms with E-state index in [-0.39, 0.29) is 12.0 Å². The molecule has 0 aromatic heterocycles. The zero-order valence-corrected chi connectivity index (χ0v) is 19.3. The third-order valence-electron chi connectivity index (χ3n) is 5.61. The van der Waals surface area contributed by atoms with E-state index in [4.69, 9.17) is 4.74 Å². The summed E-state index contributed by atoms with van der Waals surface area (Å²) in [6.45, 7) is 8.50. The van der Waals surface area contributed by atoms with Gasteiger partial charge in [-0.3, -0.25) is 9.79 Å². The highest BCUT2D eigenvalue weighted by atomic mass is 16.5. The number of hydrogen-bond donors (Lipinski definition) is 2. The summed E-state index contributed by atoms with van der Waals surface area (Å²) in [5.41, 5.74) is 3.72. The Morgan fingerprint density at radius 3 is 2.41 bits per heavy atom. The van der Waals surface area contributed by atoms with Gasteiger partial charge in [0.15, 0.2) is 5.96 Å². The number of carbonyl (C=O) groups is 1. The molecule has 32 heavy (non-hydrogen) atoms. The van der Waals surface area contributed by atoms with Crippen LogP contribution in [-0.4, -0.2) is 43.0 Å². The molecule has 0 radical (unpaired) electrons. The number of aliphatic imine (C=N–C) groups is 1. The molecule has 0 bridgehead atoms. The van der Waals surface area contributed by atoms with Gasteiger partial charge >= 0.3 is 0 Å². The fourth-order valence-corrected chi connectivity index (χ4v) is 3.79. The lowest BCUT2D eigenvalue weighted by atomic mass is 10.1. The van der Waals surface area contributed by atoms with Gasteiger partial charge in [0.25, 0.3) is 0 Å². The van der Waals surface area contributed by atoms with E-state index in [0.29, 0.717) is 19.6 Å². The van der Waals surface area contributed by atoms with Gasteiger partial charge in [0.1, 0.15) is 0 Å². The second-order valence-electron chi connectivity index (χ2n) is 8.09. The summed E-state index contributed by atoms with van der Waals surface area (Å²) in [7, 11) is 0. The maximum Gasteiger partial charge on any atom is 0.223 e. The maximum atomic E-state index is 12.5. The maximum absolute atomic E-state index is 12.5.